The molecule has 0 saturated carbocycles. The molecular formula is C73H105F2N12NaO13. The molecule has 550 valence electrons. The molecule has 2 unspecified atom stereocenters. The first-order chi connectivity index (χ1) is 47.0. The second kappa shape index (κ2) is 43.5. The van der Waals surface area contributed by atoms with Crippen LogP contribution in [0.15, 0.2) is 109 Å². The van der Waals surface area contributed by atoms with Crippen molar-refractivity contribution >= 4 is 58.9 Å². The minimum absolute atomic E-state index is 0. The Morgan fingerprint density at radius 1 is 0.505 bits per heavy atom. The molecule has 0 spiro atoms. The molecule has 2 fully saturated rings. The van der Waals surface area contributed by atoms with Crippen LogP contribution in [0.2, 0.25) is 0 Å². The molecule has 0 bridgehead atoms. The molecule has 0 radical (unpaired) electrons. The van der Waals surface area contributed by atoms with Crippen LogP contribution < -0.4 is 85.2 Å². The Hall–Kier alpha value is -7.44. The van der Waals surface area contributed by atoms with Crippen LogP contribution in [0.25, 0.3) is 0 Å². The molecule has 28 heteroatoms. The zero-order chi connectivity index (χ0) is 73.0. The van der Waals surface area contributed by atoms with Crippen molar-refractivity contribution in [3.8, 4) is 0 Å². The number of esters is 1. The zero-order valence-electron chi connectivity index (χ0n) is 59.2. The number of amides is 6. The predicted molar refractivity (Wildman–Crippen MR) is 373 cm³/mol. The molecule has 6 rings (SSSR count). The molecule has 4 aromatic carbocycles. The number of benzene rings is 4. The van der Waals surface area contributed by atoms with Crippen molar-refractivity contribution in [3.05, 3.63) is 143 Å². The Morgan fingerprint density at radius 2 is 0.842 bits per heavy atom. The van der Waals surface area contributed by atoms with Crippen LogP contribution >= 0.6 is 0 Å². The number of likely N-dealkylation sites (tertiary alicyclic amines) is 2. The van der Waals surface area contributed by atoms with E-state index in [1.165, 1.54) is 41.2 Å². The van der Waals surface area contributed by atoms with Gasteiger partial charge >= 0.3 is 41.5 Å². The minimum Gasteiger partial charge on any atom is -0.870 e. The largest absolute Gasteiger partial charge is 1.00 e. The number of rotatable bonds is 38. The molecule has 0 aromatic heterocycles. The maximum Gasteiger partial charge on any atom is 1.00 e. The predicted octanol–water partition coefficient (Wildman–Crippen LogP) is 0.261. The van der Waals surface area contributed by atoms with Gasteiger partial charge in [-0.05, 0) is 161 Å². The summed E-state index contributed by atoms with van der Waals surface area (Å²) in [6, 6.07) is 23.8. The number of carbonyl (C=O) groups is 10. The van der Waals surface area contributed by atoms with Gasteiger partial charge in [-0.15, -0.1) is 0 Å². The fourth-order valence-corrected chi connectivity index (χ4v) is 12.3. The summed E-state index contributed by atoms with van der Waals surface area (Å²) < 4.78 is 31.6. The smallest absolute Gasteiger partial charge is 0.870 e. The average molecular weight is 1420 g/mol. The monoisotopic (exact) mass is 1420 g/mol. The summed E-state index contributed by atoms with van der Waals surface area (Å²) in [7, 11) is 1.24. The number of aliphatic carboxylic acids is 1. The minimum atomic E-state index is -1.56. The van der Waals surface area contributed by atoms with Crippen LogP contribution in [0, 0.1) is 35.3 Å². The van der Waals surface area contributed by atoms with Crippen molar-refractivity contribution in [3.63, 3.8) is 0 Å². The van der Waals surface area contributed by atoms with E-state index in [2.05, 4.69) is 21.3 Å². The number of Topliss-reactive ketones (excluding diaryl/α,β-unsaturated/α-hetero) is 2. The molecule has 25 nitrogen and oxygen atoms in total. The Morgan fingerprint density at radius 3 is 1.17 bits per heavy atom. The van der Waals surface area contributed by atoms with Crippen molar-refractivity contribution in [2.45, 2.75) is 178 Å². The number of nitrogens with zero attached hydrogens (tertiary/aromatic N) is 2. The van der Waals surface area contributed by atoms with Gasteiger partial charge in [-0.25, -0.2) is 13.6 Å². The van der Waals surface area contributed by atoms with Crippen molar-refractivity contribution in [2.75, 3.05) is 46.4 Å². The molecule has 18 N–H and O–H groups in total. The number of carboxylic acid groups (broad SMARTS) is 1. The van der Waals surface area contributed by atoms with Crippen LogP contribution in [0.3, 0.4) is 0 Å². The fraction of sp³-hybridized carbons (Fsp3) is 0.534. The van der Waals surface area contributed by atoms with Gasteiger partial charge in [-0.2, -0.15) is 0 Å². The van der Waals surface area contributed by atoms with Crippen LogP contribution in [-0.2, 0) is 78.4 Å². The van der Waals surface area contributed by atoms with Crippen LogP contribution in [-0.4, -0.2) is 173 Å². The molecular weight excluding hydrogens is 1310 g/mol. The van der Waals surface area contributed by atoms with E-state index in [4.69, 9.17) is 39.1 Å². The number of methoxy groups -OCH3 is 1. The maximum atomic E-state index is 14.0. The molecule has 10 atom stereocenters. The Balaban J connectivity index is 0.000000515. The molecule has 101 heavy (non-hydrogen) atoms. The van der Waals surface area contributed by atoms with Crippen molar-refractivity contribution in [1.82, 2.24) is 31.1 Å². The van der Waals surface area contributed by atoms with Crippen molar-refractivity contribution in [1.29, 1.82) is 0 Å². The third kappa shape index (κ3) is 28.7. The Labute approximate surface area is 613 Å². The topological polar surface area (TPSA) is 441 Å². The summed E-state index contributed by atoms with van der Waals surface area (Å²) in [5.41, 5.74) is 36.1. The van der Waals surface area contributed by atoms with E-state index in [0.717, 1.165) is 11.1 Å². The Bertz CT molecular complexity index is 3310. The number of carboxylic acids is 1. The zero-order valence-corrected chi connectivity index (χ0v) is 61.2. The third-order valence-corrected chi connectivity index (χ3v) is 17.9. The number of nitrogens with two attached hydrogens (primary N) is 6. The van der Waals surface area contributed by atoms with Crippen LogP contribution in [0.4, 0.5) is 8.78 Å². The normalized spacial score (nSPS) is 17.9. The number of unbranched alkanes of at least 4 members (excludes halogenated alkanes) is 2. The van der Waals surface area contributed by atoms with E-state index in [0.29, 0.717) is 69.2 Å². The molecule has 2 saturated heterocycles. The maximum absolute atomic E-state index is 14.0. The molecule has 2 aliphatic rings. The summed E-state index contributed by atoms with van der Waals surface area (Å²) in [4.78, 5) is 136. The average Bonchev–Trinajstić information content (AvgIpc) is 1.71. The third-order valence-electron chi connectivity index (χ3n) is 17.9. The SMILES string of the molecule is CC(C)C[C@@H](CC(=O)[C@@H](Cc1ccccc1)NC(=O)[C@H](N)Cc1ccc(F)cc1)C(=O)N[C@H](CCCCN)C(=O)N1CCC(N)(C(=O)O)C1.COC(=O)C1(N)CCN(C(=O)[C@@H](CCCCN)NC(=O)[C@H](CC(=O)[C@@H](Cc2ccccc2)NC(=O)[C@H](N)Cc2ccc(F)cc2)CC(C)C)C1.[Na+].[OH-]. The summed E-state index contributed by atoms with van der Waals surface area (Å²) in [6.45, 7) is 8.67. The van der Waals surface area contributed by atoms with Crippen molar-refractivity contribution in [2.24, 2.45) is 58.1 Å². The van der Waals surface area contributed by atoms with E-state index < -0.39 is 112 Å². The summed E-state index contributed by atoms with van der Waals surface area (Å²) in [5, 5.41) is 20.9. The van der Waals surface area contributed by atoms with Crippen molar-refractivity contribution < 1.29 is 102 Å². The number of ether oxygens (including phenoxy) is 1. The van der Waals surface area contributed by atoms with Gasteiger partial charge in [0.05, 0.1) is 31.3 Å². The number of carbonyl (C=O) groups excluding carboxylic acids is 9. The second-order valence-electron chi connectivity index (χ2n) is 27.2. The summed E-state index contributed by atoms with van der Waals surface area (Å²) in [6.07, 6.45) is 4.21. The van der Waals surface area contributed by atoms with Gasteiger partial charge in [0.25, 0.3) is 0 Å². The van der Waals surface area contributed by atoms with E-state index >= 15 is 0 Å². The number of ketones is 2. The number of halogens is 2. The Kier molecular flexibility index (Phi) is 37.8. The first-order valence-corrected chi connectivity index (χ1v) is 34.2. The first kappa shape index (κ1) is 87.8. The van der Waals surface area contributed by atoms with E-state index in [-0.39, 0.29) is 148 Å². The van der Waals surface area contributed by atoms with Gasteiger partial charge in [0.15, 0.2) is 11.6 Å². The van der Waals surface area contributed by atoms with Gasteiger partial charge in [-0.3, -0.25) is 43.2 Å². The van der Waals surface area contributed by atoms with Gasteiger partial charge in [-0.1, -0.05) is 113 Å². The summed E-state index contributed by atoms with van der Waals surface area (Å²) in [5.74, 6) is -7.74. The van der Waals surface area contributed by atoms with Crippen LogP contribution in [0.1, 0.15) is 127 Å². The van der Waals surface area contributed by atoms with E-state index in [1.807, 2.05) is 88.4 Å². The van der Waals surface area contributed by atoms with Crippen LogP contribution in [0.5, 0.6) is 0 Å². The molecule has 2 heterocycles. The number of hydrogen-bond donors (Lipinski definition) is 11. The molecule has 6 amide bonds. The molecule has 2 aliphatic heterocycles. The van der Waals surface area contributed by atoms with Gasteiger partial charge in [0.1, 0.15) is 34.8 Å². The molecule has 0 aliphatic carbocycles. The first-order valence-electron chi connectivity index (χ1n) is 34.2. The second-order valence-corrected chi connectivity index (χ2v) is 27.2. The van der Waals surface area contributed by atoms with Gasteiger partial charge < -0.3 is 80.8 Å². The number of hydrogen-bond acceptors (Lipinski definition) is 18. The standard InChI is InChI=1S/C37H53FN6O6.C36H51FN6O6.Na.H2O/c1-24(2)19-27(33(46)42-30(11-7-8-17-39)35(48)44-18-16-37(41,23-44)36(49)50-3)22-32(45)31(21-25-9-5-4-6-10-25)43-34(47)29(40)20-26-12-14-28(38)15-13-26;1-23(2)18-26(32(45)41-29(10-6-7-16-38)34(47)43-17-15-36(40,22-43)35(48)49)21-31(44)30(20-24-8-4-3-5-9-24)42-33(46)28(39)19-25-11-13-27(37)14-12-25;;/h4-6,9-10,12-15,24,27,29-31H,7-8,11,16-23,39-41H2,1-3H3,(H,42,46)(H,43,47);3-5,8-9,11-14,23,26,28-30H,6-7,10,15-22,38-40H2,1-2H3,(H,41,45)(H,42,46)(H,48,49);;1H2/q;;+1;/p-1/t27-,29+,30+,31+,37?;26-,28+,29+,30+,36?;;/m00../s1. The number of nitrogens with one attached hydrogen (secondary N) is 4. The van der Waals surface area contributed by atoms with E-state index in [1.54, 1.807) is 24.3 Å². The van der Waals surface area contributed by atoms with E-state index in [9.17, 15) is 61.8 Å². The van der Waals surface area contributed by atoms with Gasteiger partial charge in [0.2, 0.25) is 35.4 Å². The quantitative estimate of drug-likeness (QED) is 0.0163. The molecule has 4 aromatic rings. The summed E-state index contributed by atoms with van der Waals surface area (Å²) >= 11 is 0. The fourth-order valence-electron chi connectivity index (χ4n) is 12.3. The van der Waals surface area contributed by atoms with Gasteiger partial charge in [0, 0.05) is 50.9 Å².